The molecular weight excluding hydrogens is 397 g/mol. The van der Waals surface area contributed by atoms with Crippen molar-refractivity contribution in [1.82, 2.24) is 9.97 Å². The van der Waals surface area contributed by atoms with Gasteiger partial charge >= 0.3 is 0 Å². The minimum absolute atomic E-state index is 0.0597. The Kier molecular flexibility index (Phi) is 5.21. The largest absolute Gasteiger partial charge is 0.492 e. The van der Waals surface area contributed by atoms with E-state index in [9.17, 15) is 9.18 Å². The van der Waals surface area contributed by atoms with Crippen molar-refractivity contribution in [2.24, 2.45) is 5.92 Å². The number of aromatic nitrogens is 2. The number of ether oxygens (including phenoxy) is 1. The van der Waals surface area contributed by atoms with Crippen molar-refractivity contribution in [2.45, 2.75) is 38.8 Å². The number of anilines is 3. The molecule has 1 aliphatic carbocycles. The number of halogens is 2. The van der Waals surface area contributed by atoms with E-state index in [1.54, 1.807) is 6.07 Å². The van der Waals surface area contributed by atoms with E-state index in [0.717, 1.165) is 24.4 Å². The number of hydrogen-bond donors (Lipinski definition) is 2. The second-order valence-corrected chi connectivity index (χ2v) is 8.08. The third kappa shape index (κ3) is 3.94. The lowest BCUT2D eigenvalue weighted by atomic mass is 9.81. The molecule has 0 radical (unpaired) electrons. The molecule has 1 saturated carbocycles. The first-order valence-electron chi connectivity index (χ1n) is 9.58. The van der Waals surface area contributed by atoms with E-state index in [1.807, 2.05) is 25.8 Å². The highest BCUT2D eigenvalue weighted by molar-refractivity contribution is 6.32. The van der Waals surface area contributed by atoms with Crippen molar-refractivity contribution in [3.05, 3.63) is 34.7 Å². The van der Waals surface area contributed by atoms with Gasteiger partial charge in [-0.2, -0.15) is 4.98 Å². The molecule has 0 saturated heterocycles. The van der Waals surface area contributed by atoms with Gasteiger partial charge in [0.25, 0.3) is 0 Å². The fourth-order valence-electron chi connectivity index (χ4n) is 3.58. The standard InChI is InChI=1S/C20H23ClFN5O2/c1-10-17-18(27(3)11(2)19(28)25-17)26-20(23-10)24-14-6-12(7-14)9-29-16-5-4-13(22)8-15(16)21/h4-5,8,11-12,14H,6-7,9H2,1-3H3,(H,25,28)(H,23,24,26)/t11-,12-,14+/m0/s1. The molecule has 4 rings (SSSR count). The Labute approximate surface area is 173 Å². The first kappa shape index (κ1) is 19.7. The highest BCUT2D eigenvalue weighted by atomic mass is 35.5. The summed E-state index contributed by atoms with van der Waals surface area (Å²) in [6.07, 6.45) is 1.84. The number of hydrogen-bond acceptors (Lipinski definition) is 6. The lowest BCUT2D eigenvalue weighted by Crippen LogP contribution is -2.45. The predicted octanol–water partition coefficient (Wildman–Crippen LogP) is 3.62. The first-order valence-corrected chi connectivity index (χ1v) is 9.96. The van der Waals surface area contributed by atoms with Crippen molar-refractivity contribution < 1.29 is 13.9 Å². The molecule has 0 spiro atoms. The molecule has 1 amide bonds. The summed E-state index contributed by atoms with van der Waals surface area (Å²) in [5.41, 5.74) is 1.40. The van der Waals surface area contributed by atoms with Crippen LogP contribution in [0.1, 0.15) is 25.5 Å². The number of likely N-dealkylation sites (N-methyl/N-ethyl adjacent to an activating group) is 1. The highest BCUT2D eigenvalue weighted by Crippen LogP contribution is 2.35. The molecule has 7 nitrogen and oxygen atoms in total. The van der Waals surface area contributed by atoms with Crippen molar-refractivity contribution in [1.29, 1.82) is 0 Å². The number of carbonyl (C=O) groups is 1. The van der Waals surface area contributed by atoms with Gasteiger partial charge in [0.1, 0.15) is 23.3 Å². The number of fused-ring (bicyclic) bond motifs is 1. The van der Waals surface area contributed by atoms with Crippen LogP contribution in [0.5, 0.6) is 5.75 Å². The Bertz CT molecular complexity index is 951. The van der Waals surface area contributed by atoms with Gasteiger partial charge in [-0.05, 0) is 50.8 Å². The Morgan fingerprint density at radius 2 is 2.14 bits per heavy atom. The molecule has 1 aliphatic heterocycles. The molecular formula is C20H23ClFN5O2. The fourth-order valence-corrected chi connectivity index (χ4v) is 3.80. The number of benzene rings is 1. The molecule has 2 aromatic rings. The Morgan fingerprint density at radius 3 is 2.86 bits per heavy atom. The lowest BCUT2D eigenvalue weighted by Gasteiger charge is -2.36. The van der Waals surface area contributed by atoms with Gasteiger partial charge in [-0.15, -0.1) is 0 Å². The van der Waals surface area contributed by atoms with Crippen LogP contribution in [0.25, 0.3) is 0 Å². The first-order chi connectivity index (χ1) is 13.8. The maximum Gasteiger partial charge on any atom is 0.246 e. The van der Waals surface area contributed by atoms with E-state index >= 15 is 0 Å². The molecule has 29 heavy (non-hydrogen) atoms. The van der Waals surface area contributed by atoms with Gasteiger partial charge in [0, 0.05) is 13.1 Å². The van der Waals surface area contributed by atoms with Gasteiger partial charge in [0.05, 0.1) is 17.3 Å². The maximum atomic E-state index is 13.1. The van der Waals surface area contributed by atoms with Gasteiger partial charge in [0.2, 0.25) is 11.9 Å². The van der Waals surface area contributed by atoms with Gasteiger partial charge < -0.3 is 20.3 Å². The van der Waals surface area contributed by atoms with E-state index in [-0.39, 0.29) is 28.8 Å². The molecule has 2 aliphatic rings. The second kappa shape index (κ2) is 7.67. The van der Waals surface area contributed by atoms with Gasteiger partial charge in [0.15, 0.2) is 5.82 Å². The number of carbonyl (C=O) groups excluding carboxylic acids is 1. The van der Waals surface area contributed by atoms with Crippen molar-refractivity contribution >= 4 is 35.0 Å². The molecule has 1 aromatic heterocycles. The summed E-state index contributed by atoms with van der Waals surface area (Å²) >= 11 is 5.99. The molecule has 154 valence electrons. The van der Waals surface area contributed by atoms with Gasteiger partial charge in [-0.25, -0.2) is 9.37 Å². The van der Waals surface area contributed by atoms with Crippen LogP contribution in [0.15, 0.2) is 18.2 Å². The van der Waals surface area contributed by atoms with Crippen LogP contribution in [-0.2, 0) is 4.79 Å². The molecule has 0 unspecified atom stereocenters. The number of nitrogens with zero attached hydrogens (tertiary/aromatic N) is 3. The number of nitrogens with one attached hydrogen (secondary N) is 2. The zero-order chi connectivity index (χ0) is 20.7. The number of rotatable bonds is 5. The minimum Gasteiger partial charge on any atom is -0.492 e. The molecule has 2 heterocycles. The van der Waals surface area contributed by atoms with Crippen LogP contribution >= 0.6 is 11.6 Å². The highest BCUT2D eigenvalue weighted by Gasteiger charge is 2.33. The molecule has 1 aromatic carbocycles. The SMILES string of the molecule is Cc1nc(N[C@H]2C[C@@H](COc3ccc(F)cc3Cl)C2)nc2c1NC(=O)[C@H](C)N2C. The summed E-state index contributed by atoms with van der Waals surface area (Å²) in [4.78, 5) is 23.0. The van der Waals surface area contributed by atoms with Gasteiger partial charge in [-0.3, -0.25) is 4.79 Å². The summed E-state index contributed by atoms with van der Waals surface area (Å²) in [5, 5.41) is 6.53. The van der Waals surface area contributed by atoms with Crippen molar-refractivity contribution in [3.8, 4) is 5.75 Å². The minimum atomic E-state index is -0.379. The monoisotopic (exact) mass is 419 g/mol. The molecule has 9 heteroatoms. The quantitative estimate of drug-likeness (QED) is 0.770. The van der Waals surface area contributed by atoms with Crippen LogP contribution in [-0.4, -0.2) is 41.6 Å². The summed E-state index contributed by atoms with van der Waals surface area (Å²) in [6, 6.07) is 4.10. The van der Waals surface area contributed by atoms with Crippen LogP contribution in [0.3, 0.4) is 0 Å². The predicted molar refractivity (Wildman–Crippen MR) is 110 cm³/mol. The summed E-state index contributed by atoms with van der Waals surface area (Å²) in [7, 11) is 1.86. The van der Waals surface area contributed by atoms with Crippen molar-refractivity contribution in [2.75, 3.05) is 29.2 Å². The van der Waals surface area contributed by atoms with Crippen LogP contribution in [0.4, 0.5) is 21.8 Å². The molecule has 0 bridgehead atoms. The molecule has 2 N–H and O–H groups in total. The Balaban J connectivity index is 1.34. The summed E-state index contributed by atoms with van der Waals surface area (Å²) in [5.74, 6) is 1.72. The topological polar surface area (TPSA) is 79.4 Å². The normalized spacial score (nSPS) is 23.1. The third-order valence-electron chi connectivity index (χ3n) is 5.55. The van der Waals surface area contributed by atoms with E-state index in [0.29, 0.717) is 29.9 Å². The van der Waals surface area contributed by atoms with E-state index in [2.05, 4.69) is 20.6 Å². The van der Waals surface area contributed by atoms with Gasteiger partial charge in [-0.1, -0.05) is 11.6 Å². The second-order valence-electron chi connectivity index (χ2n) is 7.67. The molecule has 1 atom stereocenters. The smallest absolute Gasteiger partial charge is 0.246 e. The third-order valence-corrected chi connectivity index (χ3v) is 5.85. The van der Waals surface area contributed by atoms with Crippen molar-refractivity contribution in [3.63, 3.8) is 0 Å². The average Bonchev–Trinajstić information content (AvgIpc) is 2.64. The fraction of sp³-hybridized carbons (Fsp3) is 0.450. The van der Waals surface area contributed by atoms with Crippen LogP contribution < -0.4 is 20.3 Å². The van der Waals surface area contributed by atoms with E-state index < -0.39 is 0 Å². The number of aryl methyl sites for hydroxylation is 1. The Morgan fingerprint density at radius 1 is 1.38 bits per heavy atom. The Hall–Kier alpha value is -2.61. The zero-order valence-corrected chi connectivity index (χ0v) is 17.3. The lowest BCUT2D eigenvalue weighted by molar-refractivity contribution is -0.117. The summed E-state index contributed by atoms with van der Waals surface area (Å²) < 4.78 is 18.8. The van der Waals surface area contributed by atoms with E-state index in [1.165, 1.54) is 12.1 Å². The summed E-state index contributed by atoms with van der Waals surface area (Å²) in [6.45, 7) is 4.23. The molecule has 1 fully saturated rings. The zero-order valence-electron chi connectivity index (χ0n) is 16.5. The maximum absolute atomic E-state index is 13.1. The van der Waals surface area contributed by atoms with Crippen LogP contribution in [0.2, 0.25) is 5.02 Å². The van der Waals surface area contributed by atoms with Crippen LogP contribution in [0, 0.1) is 18.7 Å². The average molecular weight is 420 g/mol. The number of amides is 1. The van der Waals surface area contributed by atoms with E-state index in [4.69, 9.17) is 16.3 Å².